The maximum atomic E-state index is 3.43. The van der Waals surface area contributed by atoms with Crippen molar-refractivity contribution in [2.24, 2.45) is 0 Å². The van der Waals surface area contributed by atoms with E-state index in [9.17, 15) is 0 Å². The number of rotatable bonds is 2. The van der Waals surface area contributed by atoms with E-state index in [0.717, 1.165) is 6.04 Å². The number of piperidine rings is 1. The number of nitrogens with zero attached hydrogens (tertiary/aromatic N) is 1. The molecule has 0 aromatic carbocycles. The third-order valence-corrected chi connectivity index (χ3v) is 3.42. The third kappa shape index (κ3) is 1.50. The number of hydrogen-bond donors (Lipinski definition) is 1. The quantitative estimate of drug-likeness (QED) is 0.673. The predicted molar refractivity (Wildman–Crippen MR) is 51.0 cm³/mol. The molecule has 1 aliphatic heterocycles. The molecule has 0 amide bonds. The molecule has 2 nitrogen and oxygen atoms in total. The average Bonchev–Trinajstić information content (AvgIpc) is 2.02. The van der Waals surface area contributed by atoms with E-state index in [1.165, 1.54) is 45.1 Å². The Morgan fingerprint density at radius 3 is 2.50 bits per heavy atom. The van der Waals surface area contributed by atoms with Crippen LogP contribution in [0.4, 0.5) is 0 Å². The molecule has 1 saturated heterocycles. The van der Waals surface area contributed by atoms with E-state index < -0.39 is 0 Å². The van der Waals surface area contributed by atoms with Gasteiger partial charge in [0.05, 0.1) is 6.17 Å². The Morgan fingerprint density at radius 2 is 1.92 bits per heavy atom. The summed E-state index contributed by atoms with van der Waals surface area (Å²) in [6.45, 7) is 1.33. The van der Waals surface area contributed by atoms with Gasteiger partial charge in [-0.25, -0.2) is 0 Å². The molecule has 2 heteroatoms. The minimum atomic E-state index is 0.684. The topological polar surface area (TPSA) is 15.3 Å². The van der Waals surface area contributed by atoms with Crippen molar-refractivity contribution >= 4 is 0 Å². The third-order valence-electron chi connectivity index (χ3n) is 3.42. The van der Waals surface area contributed by atoms with Gasteiger partial charge in [0.1, 0.15) is 0 Å². The molecule has 1 atom stereocenters. The van der Waals surface area contributed by atoms with Crippen molar-refractivity contribution in [1.82, 2.24) is 10.2 Å². The summed E-state index contributed by atoms with van der Waals surface area (Å²) < 4.78 is 0. The minimum Gasteiger partial charge on any atom is -0.305 e. The van der Waals surface area contributed by atoms with Gasteiger partial charge in [-0.05, 0) is 45.7 Å². The second-order valence-corrected chi connectivity index (χ2v) is 4.12. The highest BCUT2D eigenvalue weighted by Gasteiger charge is 2.30. The van der Waals surface area contributed by atoms with Gasteiger partial charge in [0.2, 0.25) is 0 Å². The fourth-order valence-corrected chi connectivity index (χ4v) is 2.42. The van der Waals surface area contributed by atoms with Crippen LogP contribution in [0, 0.1) is 0 Å². The Balaban J connectivity index is 1.90. The summed E-state index contributed by atoms with van der Waals surface area (Å²) in [5, 5.41) is 3.43. The van der Waals surface area contributed by atoms with Crippen LogP contribution in [-0.4, -0.2) is 30.7 Å². The van der Waals surface area contributed by atoms with Gasteiger partial charge in [0, 0.05) is 6.04 Å². The van der Waals surface area contributed by atoms with E-state index in [1.807, 2.05) is 0 Å². The molecule has 2 aliphatic rings. The highest BCUT2D eigenvalue weighted by molar-refractivity contribution is 4.85. The standard InChI is InChI=1S/C10H20N2/c1-11-10-7-2-3-8-12(10)9-5-4-6-9/h9-11H,2-8H2,1H3. The normalized spacial score (nSPS) is 33.2. The van der Waals surface area contributed by atoms with Gasteiger partial charge in [-0.3, -0.25) is 4.90 Å². The summed E-state index contributed by atoms with van der Waals surface area (Å²) >= 11 is 0. The second-order valence-electron chi connectivity index (χ2n) is 4.12. The zero-order valence-corrected chi connectivity index (χ0v) is 8.05. The molecular formula is C10H20N2. The summed E-state index contributed by atoms with van der Waals surface area (Å²) in [6.07, 6.45) is 9.20. The SMILES string of the molecule is CNC1CCCCN1C1CCC1. The first-order valence-electron chi connectivity index (χ1n) is 5.35. The smallest absolute Gasteiger partial charge is 0.0597 e. The Morgan fingerprint density at radius 1 is 1.08 bits per heavy atom. The van der Waals surface area contributed by atoms with Gasteiger partial charge in [0.25, 0.3) is 0 Å². The molecule has 0 spiro atoms. The molecule has 70 valence electrons. The minimum absolute atomic E-state index is 0.684. The van der Waals surface area contributed by atoms with Gasteiger partial charge in [-0.2, -0.15) is 0 Å². The molecule has 1 unspecified atom stereocenters. The highest BCUT2D eigenvalue weighted by Crippen LogP contribution is 2.29. The zero-order valence-electron chi connectivity index (χ0n) is 8.05. The van der Waals surface area contributed by atoms with Crippen molar-refractivity contribution in [3.63, 3.8) is 0 Å². The van der Waals surface area contributed by atoms with Crippen LogP contribution in [0.1, 0.15) is 38.5 Å². The van der Waals surface area contributed by atoms with Crippen LogP contribution in [0.15, 0.2) is 0 Å². The Labute approximate surface area is 75.3 Å². The van der Waals surface area contributed by atoms with Gasteiger partial charge < -0.3 is 5.32 Å². The van der Waals surface area contributed by atoms with Gasteiger partial charge in [-0.1, -0.05) is 6.42 Å². The summed E-state index contributed by atoms with van der Waals surface area (Å²) in [5.74, 6) is 0. The molecule has 0 aromatic rings. The Kier molecular flexibility index (Phi) is 2.66. The average molecular weight is 168 g/mol. The lowest BCUT2D eigenvalue weighted by Gasteiger charge is -2.44. The monoisotopic (exact) mass is 168 g/mol. The van der Waals surface area contributed by atoms with Gasteiger partial charge >= 0.3 is 0 Å². The number of likely N-dealkylation sites (tertiary alicyclic amines) is 1. The first-order valence-corrected chi connectivity index (χ1v) is 5.35. The molecule has 1 aliphatic carbocycles. The molecular weight excluding hydrogens is 148 g/mol. The van der Waals surface area contributed by atoms with E-state index >= 15 is 0 Å². The lowest BCUT2D eigenvalue weighted by atomic mass is 9.89. The fraction of sp³-hybridized carbons (Fsp3) is 1.00. The van der Waals surface area contributed by atoms with Crippen molar-refractivity contribution in [2.45, 2.75) is 50.7 Å². The molecule has 2 rings (SSSR count). The van der Waals surface area contributed by atoms with Crippen molar-refractivity contribution in [2.75, 3.05) is 13.6 Å². The lowest BCUT2D eigenvalue weighted by Crippen LogP contribution is -2.54. The highest BCUT2D eigenvalue weighted by atomic mass is 15.3. The second kappa shape index (κ2) is 3.75. The molecule has 1 N–H and O–H groups in total. The van der Waals surface area contributed by atoms with Crippen LogP contribution in [0.3, 0.4) is 0 Å². The van der Waals surface area contributed by atoms with Crippen molar-refractivity contribution in [3.05, 3.63) is 0 Å². The number of nitrogens with one attached hydrogen (secondary N) is 1. The van der Waals surface area contributed by atoms with E-state index in [-0.39, 0.29) is 0 Å². The lowest BCUT2D eigenvalue weighted by molar-refractivity contribution is 0.0391. The van der Waals surface area contributed by atoms with Crippen LogP contribution in [0.25, 0.3) is 0 Å². The first kappa shape index (κ1) is 8.52. The van der Waals surface area contributed by atoms with Crippen molar-refractivity contribution < 1.29 is 0 Å². The molecule has 0 radical (unpaired) electrons. The Bertz CT molecular complexity index is 143. The molecule has 1 heterocycles. The van der Waals surface area contributed by atoms with E-state index in [1.54, 1.807) is 0 Å². The van der Waals surface area contributed by atoms with E-state index in [2.05, 4.69) is 17.3 Å². The van der Waals surface area contributed by atoms with Crippen molar-refractivity contribution in [1.29, 1.82) is 0 Å². The van der Waals surface area contributed by atoms with E-state index in [4.69, 9.17) is 0 Å². The first-order chi connectivity index (χ1) is 5.92. The summed E-state index contributed by atoms with van der Waals surface area (Å²) in [7, 11) is 2.10. The summed E-state index contributed by atoms with van der Waals surface area (Å²) in [6, 6.07) is 0.919. The largest absolute Gasteiger partial charge is 0.305 e. The maximum Gasteiger partial charge on any atom is 0.0597 e. The molecule has 0 aromatic heterocycles. The van der Waals surface area contributed by atoms with Crippen LogP contribution in [-0.2, 0) is 0 Å². The van der Waals surface area contributed by atoms with Gasteiger partial charge in [-0.15, -0.1) is 0 Å². The van der Waals surface area contributed by atoms with Crippen molar-refractivity contribution in [3.8, 4) is 0 Å². The summed E-state index contributed by atoms with van der Waals surface area (Å²) in [5.41, 5.74) is 0. The molecule has 12 heavy (non-hydrogen) atoms. The zero-order chi connectivity index (χ0) is 8.39. The molecule has 0 bridgehead atoms. The maximum absolute atomic E-state index is 3.43. The van der Waals surface area contributed by atoms with Crippen LogP contribution >= 0.6 is 0 Å². The van der Waals surface area contributed by atoms with Gasteiger partial charge in [0.15, 0.2) is 0 Å². The van der Waals surface area contributed by atoms with E-state index in [0.29, 0.717) is 6.17 Å². The molecule has 1 saturated carbocycles. The van der Waals surface area contributed by atoms with Crippen LogP contribution < -0.4 is 5.32 Å². The predicted octanol–water partition coefficient (Wildman–Crippen LogP) is 1.57. The van der Waals surface area contributed by atoms with Crippen LogP contribution in [0.2, 0.25) is 0 Å². The fourth-order valence-electron chi connectivity index (χ4n) is 2.42. The number of hydrogen-bond acceptors (Lipinski definition) is 2. The van der Waals surface area contributed by atoms with Crippen LogP contribution in [0.5, 0.6) is 0 Å². The molecule has 2 fully saturated rings. The summed E-state index contributed by atoms with van der Waals surface area (Å²) in [4.78, 5) is 2.69. The Hall–Kier alpha value is -0.0800.